The molecule has 14 heavy (non-hydrogen) atoms. The fourth-order valence-electron chi connectivity index (χ4n) is 0. The predicted octanol–water partition coefficient (Wildman–Crippen LogP) is -15.8. The fraction of sp³-hybridized carbons (Fsp3) is 0. The van der Waals surface area contributed by atoms with E-state index in [1.807, 2.05) is 0 Å². The van der Waals surface area contributed by atoms with E-state index < -0.39 is 18.2 Å². The van der Waals surface area contributed by atoms with Crippen LogP contribution in [0, 0.1) is 0 Å². The topological polar surface area (TPSA) is 164 Å². The zero-order valence-electron chi connectivity index (χ0n) is 8.16. The van der Waals surface area contributed by atoms with Gasteiger partial charge in [0.15, 0.2) is 0 Å². The Kier molecular flexibility index (Phi) is 43.8. The van der Waals surface area contributed by atoms with Gasteiger partial charge in [0.05, 0.1) is 0 Å². The Morgan fingerprint density at radius 3 is 0.929 bits per heavy atom. The predicted molar refractivity (Wildman–Crippen MR) is 19.9 cm³/mol. The van der Waals surface area contributed by atoms with Crippen molar-refractivity contribution in [2.75, 3.05) is 0 Å². The summed E-state index contributed by atoms with van der Waals surface area (Å²) < 4.78 is 41.4. The van der Waals surface area contributed by atoms with Gasteiger partial charge in [0.1, 0.15) is 0 Å². The van der Waals surface area contributed by atoms with Crippen molar-refractivity contribution in [3.63, 3.8) is 0 Å². The average Bonchev–Trinajstić information content (AvgIpc) is 1.12. The second-order valence-corrected chi connectivity index (χ2v) is 2.62. The molecule has 0 amide bonds. The molecule has 0 aromatic carbocycles. The van der Waals surface area contributed by atoms with Crippen molar-refractivity contribution in [2.24, 2.45) is 0 Å². The first kappa shape index (κ1) is 36.1. The molecule has 64 valence electrons. The summed E-state index contributed by atoms with van der Waals surface area (Å²) in [5.41, 5.74) is 0. The Bertz CT molecular complexity index is 199. The third-order valence-corrected chi connectivity index (χ3v) is 0. The molecule has 0 radical (unpaired) electrons. The van der Waals surface area contributed by atoms with Gasteiger partial charge in [-0.25, -0.2) is 8.42 Å². The van der Waals surface area contributed by atoms with E-state index in [4.69, 9.17) is 36.8 Å². The minimum Gasteiger partial charge on any atom is -0.822 e. The number of hydrogen-bond acceptors (Lipinski definition) is 7. The molecule has 0 saturated heterocycles. The molecule has 0 unspecified atom stereocenters. The number of hydrogen-bond donors (Lipinski definition) is 1. The molecule has 14 heteroatoms. The summed E-state index contributed by atoms with van der Waals surface area (Å²) in [7, 11) is -10.3. The largest absolute Gasteiger partial charge is 1.00 e. The van der Waals surface area contributed by atoms with Crippen LogP contribution >= 0.6 is 7.82 Å². The first-order chi connectivity index (χ1) is 4.00. The van der Waals surface area contributed by atoms with Crippen molar-refractivity contribution in [2.45, 2.75) is 0 Å². The third-order valence-electron chi connectivity index (χ3n) is 0. The van der Waals surface area contributed by atoms with Crippen LogP contribution in [0.15, 0.2) is 0 Å². The molecule has 0 aromatic heterocycles. The van der Waals surface area contributed by atoms with Crippen molar-refractivity contribution in [1.29, 1.82) is 0 Å². The Balaban J connectivity index is -0.0000000178. The molecule has 0 saturated carbocycles. The molecule has 0 aliphatic carbocycles. The van der Waals surface area contributed by atoms with Crippen molar-refractivity contribution in [1.82, 2.24) is 0 Å². The summed E-state index contributed by atoms with van der Waals surface area (Å²) in [6, 6.07) is 0. The maximum atomic E-state index is 8.63. The molecule has 0 aromatic rings. The normalized spacial score (nSPS) is 8.36. The third kappa shape index (κ3) is 226. The van der Waals surface area contributed by atoms with E-state index in [9.17, 15) is 0 Å². The summed E-state index contributed by atoms with van der Waals surface area (Å²) in [6.45, 7) is 0. The number of rotatable bonds is 0. The van der Waals surface area contributed by atoms with Gasteiger partial charge in [-0.2, -0.15) is 7.82 Å². The smallest absolute Gasteiger partial charge is 0.822 e. The fourth-order valence-corrected chi connectivity index (χ4v) is 0. The zero-order valence-corrected chi connectivity index (χ0v) is 17.9. The van der Waals surface area contributed by atoms with Gasteiger partial charge in [-0.1, -0.05) is 0 Å². The van der Waals surface area contributed by atoms with E-state index in [0.29, 0.717) is 0 Å². The van der Waals surface area contributed by atoms with Crippen LogP contribution in [0.2, 0.25) is 0 Å². The number of phosphoric acid groups is 1. The van der Waals surface area contributed by atoms with Crippen molar-refractivity contribution >= 4 is 18.2 Å². The van der Waals surface area contributed by atoms with Crippen LogP contribution < -0.4 is 133 Å². The van der Waals surface area contributed by atoms with Gasteiger partial charge in [0.25, 0.3) is 0 Å². The van der Waals surface area contributed by atoms with Crippen LogP contribution in [0.4, 0.5) is 0 Å². The average molecular weight is 284 g/mol. The summed E-state index contributed by atoms with van der Waals surface area (Å²) >= 11 is 0. The van der Waals surface area contributed by atoms with Crippen LogP contribution in [-0.2, 0) is 15.0 Å². The van der Waals surface area contributed by atoms with Gasteiger partial charge < -0.3 is 23.8 Å². The molecule has 8 nitrogen and oxygen atoms in total. The molecule has 0 rings (SSSR count). The maximum absolute atomic E-state index is 8.63. The molecular weight excluding hydrogens is 283 g/mol. The van der Waals surface area contributed by atoms with E-state index in [0.717, 1.165) is 0 Å². The van der Waals surface area contributed by atoms with Crippen LogP contribution in [-0.4, -0.2) is 17.5 Å². The molecule has 0 spiro atoms. The molecular formula is HNa4O8PS. The molecule has 0 aliphatic heterocycles. The molecule has 1 N–H and O–H groups in total. The Morgan fingerprint density at radius 2 is 0.929 bits per heavy atom. The van der Waals surface area contributed by atoms with Crippen LogP contribution in [0.25, 0.3) is 0 Å². The van der Waals surface area contributed by atoms with Gasteiger partial charge in [-0.05, 0) is 0 Å². The van der Waals surface area contributed by atoms with E-state index in [1.165, 1.54) is 0 Å². The van der Waals surface area contributed by atoms with Crippen molar-refractivity contribution < 1.29 is 155 Å². The van der Waals surface area contributed by atoms with Crippen molar-refractivity contribution in [3.8, 4) is 0 Å². The molecule has 0 bridgehead atoms. The Hall–Kier alpha value is 3.98. The van der Waals surface area contributed by atoms with Gasteiger partial charge >= 0.3 is 118 Å². The Labute approximate surface area is 170 Å². The first-order valence-electron chi connectivity index (χ1n) is 1.41. The first-order valence-corrected chi connectivity index (χ1v) is 4.24. The van der Waals surface area contributed by atoms with Gasteiger partial charge in [0.2, 0.25) is 10.4 Å². The van der Waals surface area contributed by atoms with Crippen LogP contribution in [0.1, 0.15) is 0 Å². The minimum atomic E-state index is -5.39. The summed E-state index contributed by atoms with van der Waals surface area (Å²) in [6.07, 6.45) is 0. The molecule has 0 fully saturated rings. The van der Waals surface area contributed by atoms with E-state index in [-0.39, 0.29) is 118 Å². The quantitative estimate of drug-likeness (QED) is 0.198. The zero-order chi connectivity index (χ0) is 9.00. The Morgan fingerprint density at radius 1 is 0.929 bits per heavy atom. The summed E-state index contributed by atoms with van der Waals surface area (Å²) in [4.78, 5) is 25.6. The standard InChI is InChI=1S/4Na.H3O4P.H2O4S/c;;;;2*1-5(2,3)4/h;;;;(H3,1,2,3,4);(H2,1,2,3,4)/q4*+1;;/p-4. The minimum absolute atomic E-state index is 0. The van der Waals surface area contributed by atoms with Crippen molar-refractivity contribution in [3.05, 3.63) is 0 Å². The van der Waals surface area contributed by atoms with Crippen LogP contribution in [0.3, 0.4) is 0 Å². The van der Waals surface area contributed by atoms with Gasteiger partial charge in [-0.3, -0.25) is 4.55 Å². The molecule has 0 heterocycles. The molecule has 0 aliphatic rings. The van der Waals surface area contributed by atoms with Gasteiger partial charge in [-0.15, -0.1) is 0 Å². The van der Waals surface area contributed by atoms with Crippen LogP contribution in [0.5, 0.6) is 0 Å². The second kappa shape index (κ2) is 17.0. The molecule has 0 atom stereocenters. The SMILES string of the molecule is O=P([O-])([O-])[O-].O=S(=O)([O-])O.[Na+].[Na+].[Na+].[Na+]. The van der Waals surface area contributed by atoms with E-state index in [2.05, 4.69) is 0 Å². The van der Waals surface area contributed by atoms with Gasteiger partial charge in [0, 0.05) is 0 Å². The maximum Gasteiger partial charge on any atom is 1.00 e. The summed E-state index contributed by atoms with van der Waals surface area (Å²) in [5.74, 6) is 0. The summed E-state index contributed by atoms with van der Waals surface area (Å²) in [5, 5.41) is 0. The monoisotopic (exact) mass is 284 g/mol. The van der Waals surface area contributed by atoms with E-state index in [1.54, 1.807) is 0 Å². The second-order valence-electron chi connectivity index (χ2n) is 0.875. The van der Waals surface area contributed by atoms with E-state index >= 15 is 0 Å².